The number of fused-ring (bicyclic) bond motifs is 1. The summed E-state index contributed by atoms with van der Waals surface area (Å²) >= 11 is 0. The molecule has 2 aromatic rings. The minimum Gasteiger partial charge on any atom is -0.487 e. The number of piperidine rings is 1. The molecule has 3 aliphatic heterocycles. The van der Waals surface area contributed by atoms with Crippen LogP contribution in [0.25, 0.3) is 0 Å². The van der Waals surface area contributed by atoms with Gasteiger partial charge in [-0.3, -0.25) is 4.90 Å². The Labute approximate surface area is 206 Å². The van der Waals surface area contributed by atoms with E-state index in [0.717, 1.165) is 63.0 Å². The molecule has 1 aliphatic carbocycles. The van der Waals surface area contributed by atoms with E-state index in [2.05, 4.69) is 36.0 Å². The van der Waals surface area contributed by atoms with Crippen LogP contribution in [-0.4, -0.2) is 46.0 Å². The van der Waals surface area contributed by atoms with Crippen molar-refractivity contribution in [2.24, 2.45) is 5.16 Å². The van der Waals surface area contributed by atoms with E-state index in [9.17, 15) is 4.79 Å². The van der Waals surface area contributed by atoms with Gasteiger partial charge in [0.1, 0.15) is 17.0 Å². The molecule has 0 atom stereocenters. The van der Waals surface area contributed by atoms with Gasteiger partial charge in [-0.2, -0.15) is 0 Å². The number of carboxylic acids is 1. The first kappa shape index (κ1) is 22.6. The number of benzene rings is 2. The van der Waals surface area contributed by atoms with Crippen LogP contribution in [0, 0.1) is 0 Å². The minimum atomic E-state index is -0.912. The standard InChI is InChI=1S/C29H34N2O4/c1-28(2)10-9-23-15-19(16-24(20-3-4-20)26(23)34-28)18-31-13-11-29(12-14-31)17-25(30-35-29)21-5-7-22(8-6-21)27(32)33/h5-8,15-16,20H,3-4,9-14,17-18H2,1-2H3,(H,32,33). The van der Waals surface area contributed by atoms with Gasteiger partial charge in [-0.25, -0.2) is 4.79 Å². The van der Waals surface area contributed by atoms with Gasteiger partial charge in [0, 0.05) is 38.9 Å². The molecular weight excluding hydrogens is 440 g/mol. The van der Waals surface area contributed by atoms with Gasteiger partial charge in [0.15, 0.2) is 0 Å². The summed E-state index contributed by atoms with van der Waals surface area (Å²) in [5, 5.41) is 13.5. The van der Waals surface area contributed by atoms with Gasteiger partial charge in [0.2, 0.25) is 0 Å². The van der Waals surface area contributed by atoms with Gasteiger partial charge < -0.3 is 14.7 Å². The molecule has 0 amide bonds. The Bertz CT molecular complexity index is 1170. The van der Waals surface area contributed by atoms with Crippen LogP contribution in [0.4, 0.5) is 0 Å². The van der Waals surface area contributed by atoms with Gasteiger partial charge in [0.25, 0.3) is 0 Å². The van der Waals surface area contributed by atoms with Crippen LogP contribution >= 0.6 is 0 Å². The van der Waals surface area contributed by atoms with Crippen molar-refractivity contribution in [2.45, 2.75) is 82.5 Å². The van der Waals surface area contributed by atoms with Gasteiger partial charge in [-0.05, 0) is 79.8 Å². The predicted octanol–water partition coefficient (Wildman–Crippen LogP) is 5.53. The van der Waals surface area contributed by atoms with E-state index in [4.69, 9.17) is 14.7 Å². The summed E-state index contributed by atoms with van der Waals surface area (Å²) < 4.78 is 6.45. The van der Waals surface area contributed by atoms with E-state index in [1.807, 2.05) is 12.1 Å². The first-order chi connectivity index (χ1) is 16.8. The van der Waals surface area contributed by atoms with Crippen molar-refractivity contribution in [3.05, 3.63) is 64.2 Å². The predicted molar refractivity (Wildman–Crippen MR) is 134 cm³/mol. The summed E-state index contributed by atoms with van der Waals surface area (Å²) in [5.41, 5.74) is 6.09. The smallest absolute Gasteiger partial charge is 0.335 e. The molecule has 3 heterocycles. The fourth-order valence-electron chi connectivity index (χ4n) is 5.77. The lowest BCUT2D eigenvalue weighted by Crippen LogP contribution is -2.44. The molecule has 6 nitrogen and oxygen atoms in total. The number of carboxylic acid groups (broad SMARTS) is 1. The maximum atomic E-state index is 11.1. The van der Waals surface area contributed by atoms with Gasteiger partial charge in [-0.1, -0.05) is 29.4 Å². The number of nitrogens with zero attached hydrogens (tertiary/aromatic N) is 2. The third-order valence-corrected chi connectivity index (χ3v) is 8.12. The Morgan fingerprint density at radius 1 is 1.11 bits per heavy atom. The molecule has 6 rings (SSSR count). The highest BCUT2D eigenvalue weighted by molar-refractivity contribution is 6.02. The van der Waals surface area contributed by atoms with Crippen LogP contribution in [0.2, 0.25) is 0 Å². The van der Waals surface area contributed by atoms with Gasteiger partial charge in [0.05, 0.1) is 11.3 Å². The zero-order valence-electron chi connectivity index (χ0n) is 20.7. The van der Waals surface area contributed by atoms with E-state index in [-0.39, 0.29) is 11.2 Å². The van der Waals surface area contributed by atoms with Crippen molar-refractivity contribution in [3.8, 4) is 5.75 Å². The molecule has 2 aromatic carbocycles. The molecule has 4 aliphatic rings. The lowest BCUT2D eigenvalue weighted by Gasteiger charge is -2.38. The van der Waals surface area contributed by atoms with Crippen molar-refractivity contribution in [2.75, 3.05) is 13.1 Å². The van der Waals surface area contributed by atoms with Crippen LogP contribution in [0.3, 0.4) is 0 Å². The minimum absolute atomic E-state index is 0.0696. The number of carbonyl (C=O) groups is 1. The molecule has 35 heavy (non-hydrogen) atoms. The lowest BCUT2D eigenvalue weighted by atomic mass is 9.85. The molecule has 0 bridgehead atoms. The number of likely N-dealkylation sites (tertiary alicyclic amines) is 1. The summed E-state index contributed by atoms with van der Waals surface area (Å²) in [6, 6.07) is 11.7. The zero-order valence-corrected chi connectivity index (χ0v) is 20.7. The molecule has 6 heteroatoms. The second kappa shape index (κ2) is 8.37. The number of hydrogen-bond donors (Lipinski definition) is 1. The summed E-state index contributed by atoms with van der Waals surface area (Å²) in [5.74, 6) is 0.935. The molecule has 0 aromatic heterocycles. The molecule has 2 fully saturated rings. The second-order valence-corrected chi connectivity index (χ2v) is 11.5. The van der Waals surface area contributed by atoms with E-state index >= 15 is 0 Å². The Balaban J connectivity index is 1.10. The molecule has 1 spiro atoms. The monoisotopic (exact) mass is 474 g/mol. The Hall–Kier alpha value is -2.86. The molecule has 184 valence electrons. The average molecular weight is 475 g/mol. The SMILES string of the molecule is CC1(C)CCc2cc(CN3CCC4(CC3)CC(c3ccc(C(=O)O)cc3)=NO4)cc(C3CC3)c2O1. The van der Waals surface area contributed by atoms with E-state index in [0.29, 0.717) is 11.5 Å². The first-order valence-electron chi connectivity index (χ1n) is 13.0. The summed E-state index contributed by atoms with van der Waals surface area (Å²) in [6.07, 6.45) is 7.41. The number of ether oxygens (including phenoxy) is 1. The highest BCUT2D eigenvalue weighted by Crippen LogP contribution is 2.49. The number of oxime groups is 1. The largest absolute Gasteiger partial charge is 0.487 e. The topological polar surface area (TPSA) is 71.4 Å². The second-order valence-electron chi connectivity index (χ2n) is 11.5. The Morgan fingerprint density at radius 2 is 1.86 bits per heavy atom. The van der Waals surface area contributed by atoms with Crippen molar-refractivity contribution in [3.63, 3.8) is 0 Å². The van der Waals surface area contributed by atoms with Gasteiger partial charge in [-0.15, -0.1) is 0 Å². The fraction of sp³-hybridized carbons (Fsp3) is 0.517. The third kappa shape index (κ3) is 4.56. The Kier molecular flexibility index (Phi) is 5.40. The van der Waals surface area contributed by atoms with Gasteiger partial charge >= 0.3 is 5.97 Å². The molecule has 1 saturated heterocycles. The maximum absolute atomic E-state index is 11.1. The third-order valence-electron chi connectivity index (χ3n) is 8.12. The summed E-state index contributed by atoms with van der Waals surface area (Å²) in [7, 11) is 0. The molecule has 0 unspecified atom stereocenters. The number of aromatic carboxylic acids is 1. The van der Waals surface area contributed by atoms with Crippen molar-refractivity contribution in [1.82, 2.24) is 4.90 Å². The zero-order chi connectivity index (χ0) is 24.2. The highest BCUT2D eigenvalue weighted by Gasteiger charge is 2.42. The fourth-order valence-corrected chi connectivity index (χ4v) is 5.77. The number of hydrogen-bond acceptors (Lipinski definition) is 5. The molecule has 1 saturated carbocycles. The van der Waals surface area contributed by atoms with Crippen LogP contribution in [0.5, 0.6) is 5.75 Å². The van der Waals surface area contributed by atoms with Crippen molar-refractivity contribution < 1.29 is 19.5 Å². The van der Waals surface area contributed by atoms with Crippen molar-refractivity contribution in [1.29, 1.82) is 0 Å². The van der Waals surface area contributed by atoms with Crippen LogP contribution in [-0.2, 0) is 17.8 Å². The average Bonchev–Trinajstić information content (AvgIpc) is 3.61. The molecular formula is C29H34N2O4. The molecule has 0 radical (unpaired) electrons. The van der Waals surface area contributed by atoms with Crippen LogP contribution in [0.1, 0.15) is 90.9 Å². The number of aryl methyl sites for hydroxylation is 1. The number of rotatable bonds is 5. The lowest BCUT2D eigenvalue weighted by molar-refractivity contribution is -0.0627. The van der Waals surface area contributed by atoms with E-state index in [1.165, 1.54) is 35.3 Å². The summed E-state index contributed by atoms with van der Waals surface area (Å²) in [4.78, 5) is 19.7. The highest BCUT2D eigenvalue weighted by atomic mass is 16.7. The first-order valence-corrected chi connectivity index (χ1v) is 13.0. The van der Waals surface area contributed by atoms with Crippen LogP contribution < -0.4 is 4.74 Å². The maximum Gasteiger partial charge on any atom is 0.335 e. The Morgan fingerprint density at radius 3 is 2.54 bits per heavy atom. The normalized spacial score (nSPS) is 22.7. The molecule has 1 N–H and O–H groups in total. The quantitative estimate of drug-likeness (QED) is 0.617. The van der Waals surface area contributed by atoms with E-state index in [1.54, 1.807) is 12.1 Å². The summed E-state index contributed by atoms with van der Waals surface area (Å²) in [6.45, 7) is 7.35. The van der Waals surface area contributed by atoms with Crippen LogP contribution in [0.15, 0.2) is 41.6 Å². The van der Waals surface area contributed by atoms with E-state index < -0.39 is 5.97 Å². The van der Waals surface area contributed by atoms with Crippen molar-refractivity contribution >= 4 is 11.7 Å².